The summed E-state index contributed by atoms with van der Waals surface area (Å²) in [5, 5.41) is 3.93. The average Bonchev–Trinajstić information content (AvgIpc) is 1.86. The molecule has 0 aromatic heterocycles. The zero-order chi connectivity index (χ0) is 7.14. The van der Waals surface area contributed by atoms with E-state index in [1.54, 1.807) is 0 Å². The SMILES string of the molecule is C[C@H](S)N1CC2CC(C1)N2. The minimum absolute atomic E-state index is 0.437. The third-order valence-electron chi connectivity index (χ3n) is 2.48. The van der Waals surface area contributed by atoms with Gasteiger partial charge in [-0.1, -0.05) is 0 Å². The monoisotopic (exact) mass is 158 g/mol. The van der Waals surface area contributed by atoms with Gasteiger partial charge in [0.2, 0.25) is 0 Å². The highest BCUT2D eigenvalue weighted by Crippen LogP contribution is 2.22. The first kappa shape index (κ1) is 6.95. The van der Waals surface area contributed by atoms with Crippen molar-refractivity contribution in [2.24, 2.45) is 0 Å². The van der Waals surface area contributed by atoms with Crippen LogP contribution >= 0.6 is 12.6 Å². The fourth-order valence-electron chi connectivity index (χ4n) is 1.85. The van der Waals surface area contributed by atoms with Gasteiger partial charge in [0.05, 0.1) is 5.37 Å². The van der Waals surface area contributed by atoms with Gasteiger partial charge in [0.15, 0.2) is 0 Å². The normalized spacial score (nSPS) is 42.6. The van der Waals surface area contributed by atoms with E-state index in [-0.39, 0.29) is 0 Å². The summed E-state index contributed by atoms with van der Waals surface area (Å²) < 4.78 is 0. The summed E-state index contributed by atoms with van der Waals surface area (Å²) in [6, 6.07) is 1.54. The van der Waals surface area contributed by atoms with E-state index in [1.165, 1.54) is 19.5 Å². The molecule has 0 aromatic rings. The average molecular weight is 158 g/mol. The fourth-order valence-corrected chi connectivity index (χ4v) is 2.04. The summed E-state index contributed by atoms with van der Waals surface area (Å²) in [5.74, 6) is 0. The molecule has 10 heavy (non-hydrogen) atoms. The highest BCUT2D eigenvalue weighted by atomic mass is 32.1. The Bertz CT molecular complexity index is 122. The first-order valence-corrected chi connectivity index (χ1v) is 4.45. The molecule has 3 aliphatic rings. The van der Waals surface area contributed by atoms with Crippen LogP contribution in [0.1, 0.15) is 13.3 Å². The lowest BCUT2D eigenvalue weighted by molar-refractivity contribution is 0.0744. The molecule has 0 amide bonds. The molecule has 0 radical (unpaired) electrons. The standard InChI is InChI=1S/C7H14N2S/c1-5(10)9-3-6-2-7(4-9)8-6/h5-8,10H,2-4H2,1H3/t5-,6?,7?/m0/s1. The van der Waals surface area contributed by atoms with Gasteiger partial charge in [0.1, 0.15) is 0 Å². The predicted molar refractivity (Wildman–Crippen MR) is 45.3 cm³/mol. The Hall–Kier alpha value is 0.270. The van der Waals surface area contributed by atoms with Gasteiger partial charge < -0.3 is 5.32 Å². The summed E-state index contributed by atoms with van der Waals surface area (Å²) in [5.41, 5.74) is 0. The van der Waals surface area contributed by atoms with E-state index >= 15 is 0 Å². The summed E-state index contributed by atoms with van der Waals surface area (Å²) in [4.78, 5) is 2.43. The van der Waals surface area contributed by atoms with Crippen LogP contribution in [0.15, 0.2) is 0 Å². The van der Waals surface area contributed by atoms with E-state index in [1.807, 2.05) is 0 Å². The molecule has 0 aromatic carbocycles. The molecule has 1 N–H and O–H groups in total. The van der Waals surface area contributed by atoms with Crippen LogP contribution in [-0.4, -0.2) is 35.4 Å². The number of piperazine rings is 1. The van der Waals surface area contributed by atoms with Crippen LogP contribution in [0, 0.1) is 0 Å². The Balaban J connectivity index is 1.91. The number of fused-ring (bicyclic) bond motifs is 2. The van der Waals surface area contributed by atoms with Gasteiger partial charge in [-0.2, -0.15) is 12.6 Å². The first-order chi connectivity index (χ1) is 4.75. The Morgan fingerprint density at radius 2 is 2.00 bits per heavy atom. The second-order valence-corrected chi connectivity index (χ2v) is 4.13. The number of thiol groups is 1. The van der Waals surface area contributed by atoms with Crippen LogP contribution in [0.3, 0.4) is 0 Å². The number of hydrogen-bond acceptors (Lipinski definition) is 3. The molecule has 3 rings (SSSR count). The molecule has 3 fully saturated rings. The van der Waals surface area contributed by atoms with Crippen LogP contribution in [-0.2, 0) is 0 Å². The van der Waals surface area contributed by atoms with Gasteiger partial charge in [-0.3, -0.25) is 4.90 Å². The highest BCUT2D eigenvalue weighted by Gasteiger charge is 2.37. The Labute approximate surface area is 67.4 Å². The molecular formula is C7H14N2S. The zero-order valence-electron chi connectivity index (χ0n) is 6.25. The van der Waals surface area contributed by atoms with Crippen molar-refractivity contribution in [3.63, 3.8) is 0 Å². The maximum Gasteiger partial charge on any atom is 0.0500 e. The molecule has 2 bridgehead atoms. The smallest absolute Gasteiger partial charge is 0.0500 e. The molecule has 3 aliphatic heterocycles. The van der Waals surface area contributed by atoms with Gasteiger partial charge in [-0.15, -0.1) is 0 Å². The van der Waals surface area contributed by atoms with Crippen molar-refractivity contribution in [1.29, 1.82) is 0 Å². The van der Waals surface area contributed by atoms with E-state index in [2.05, 4.69) is 29.8 Å². The topological polar surface area (TPSA) is 15.3 Å². The number of rotatable bonds is 1. The molecule has 3 saturated heterocycles. The molecule has 0 spiro atoms. The van der Waals surface area contributed by atoms with Crippen LogP contribution < -0.4 is 5.32 Å². The van der Waals surface area contributed by atoms with Crippen LogP contribution in [0.25, 0.3) is 0 Å². The van der Waals surface area contributed by atoms with Crippen LogP contribution in [0.2, 0.25) is 0 Å². The molecule has 3 atom stereocenters. The molecule has 3 heterocycles. The van der Waals surface area contributed by atoms with Crippen molar-refractivity contribution in [3.8, 4) is 0 Å². The predicted octanol–water partition coefficient (Wildman–Crippen LogP) is 0.308. The molecule has 2 unspecified atom stereocenters. The molecule has 0 saturated carbocycles. The van der Waals surface area contributed by atoms with Crippen molar-refractivity contribution in [1.82, 2.24) is 10.2 Å². The lowest BCUT2D eigenvalue weighted by Crippen LogP contribution is -2.67. The van der Waals surface area contributed by atoms with Gasteiger partial charge in [0, 0.05) is 25.2 Å². The maximum absolute atomic E-state index is 4.40. The van der Waals surface area contributed by atoms with E-state index in [9.17, 15) is 0 Å². The minimum Gasteiger partial charge on any atom is -0.309 e. The van der Waals surface area contributed by atoms with Crippen LogP contribution in [0.5, 0.6) is 0 Å². The Kier molecular flexibility index (Phi) is 1.66. The third kappa shape index (κ3) is 1.06. The maximum atomic E-state index is 4.40. The van der Waals surface area contributed by atoms with Crippen molar-refractivity contribution in [3.05, 3.63) is 0 Å². The molecule has 3 heteroatoms. The van der Waals surface area contributed by atoms with E-state index in [0.29, 0.717) is 5.37 Å². The molecule has 0 aliphatic carbocycles. The largest absolute Gasteiger partial charge is 0.309 e. The van der Waals surface area contributed by atoms with Gasteiger partial charge in [0.25, 0.3) is 0 Å². The lowest BCUT2D eigenvalue weighted by atomic mass is 9.91. The zero-order valence-corrected chi connectivity index (χ0v) is 7.14. The summed E-state index contributed by atoms with van der Waals surface area (Å²) in [6.07, 6.45) is 1.39. The van der Waals surface area contributed by atoms with Crippen molar-refractivity contribution >= 4 is 12.6 Å². The number of nitrogens with one attached hydrogen (secondary N) is 1. The fraction of sp³-hybridized carbons (Fsp3) is 1.00. The molecule has 58 valence electrons. The number of piperidine rings is 1. The summed E-state index contributed by atoms with van der Waals surface area (Å²) in [7, 11) is 0. The molecule has 2 nitrogen and oxygen atoms in total. The number of nitrogens with zero attached hydrogens (tertiary/aromatic N) is 1. The third-order valence-corrected chi connectivity index (χ3v) is 2.81. The quantitative estimate of drug-likeness (QED) is 0.534. The molecular weight excluding hydrogens is 144 g/mol. The number of hydrogen-bond donors (Lipinski definition) is 2. The lowest BCUT2D eigenvalue weighted by Gasteiger charge is -2.49. The minimum atomic E-state index is 0.437. The first-order valence-electron chi connectivity index (χ1n) is 3.94. The van der Waals surface area contributed by atoms with Crippen molar-refractivity contribution in [2.45, 2.75) is 30.8 Å². The second kappa shape index (κ2) is 2.40. The highest BCUT2D eigenvalue weighted by molar-refractivity contribution is 7.80. The van der Waals surface area contributed by atoms with Gasteiger partial charge >= 0.3 is 0 Å². The van der Waals surface area contributed by atoms with E-state index in [4.69, 9.17) is 0 Å². The van der Waals surface area contributed by atoms with Gasteiger partial charge in [-0.25, -0.2) is 0 Å². The summed E-state index contributed by atoms with van der Waals surface area (Å²) in [6.45, 7) is 4.54. The Morgan fingerprint density at radius 3 is 2.30 bits per heavy atom. The van der Waals surface area contributed by atoms with Crippen molar-refractivity contribution in [2.75, 3.05) is 13.1 Å². The van der Waals surface area contributed by atoms with Gasteiger partial charge in [-0.05, 0) is 13.3 Å². The summed E-state index contributed by atoms with van der Waals surface area (Å²) >= 11 is 4.40. The van der Waals surface area contributed by atoms with E-state index < -0.39 is 0 Å². The van der Waals surface area contributed by atoms with Crippen molar-refractivity contribution < 1.29 is 0 Å². The van der Waals surface area contributed by atoms with Crippen LogP contribution in [0.4, 0.5) is 0 Å². The Morgan fingerprint density at radius 1 is 1.50 bits per heavy atom. The van der Waals surface area contributed by atoms with E-state index in [0.717, 1.165) is 12.1 Å². The second-order valence-electron chi connectivity index (χ2n) is 3.38.